The highest BCUT2D eigenvalue weighted by Gasteiger charge is 2.07. The maximum atomic E-state index is 10.1. The van der Waals surface area contributed by atoms with Gasteiger partial charge in [0.15, 0.2) is 0 Å². The van der Waals surface area contributed by atoms with E-state index in [4.69, 9.17) is 0 Å². The molecule has 0 amide bonds. The summed E-state index contributed by atoms with van der Waals surface area (Å²) in [5.74, 6) is 0.951. The van der Waals surface area contributed by atoms with Crippen LogP contribution in [-0.2, 0) is 18.4 Å². The fraction of sp³-hybridized carbons (Fsp3) is 0.273. The zero-order valence-corrected chi connectivity index (χ0v) is 8.69. The lowest BCUT2D eigenvalue weighted by Gasteiger charge is -2.01. The van der Waals surface area contributed by atoms with E-state index in [0.717, 1.165) is 22.4 Å². The Morgan fingerprint density at radius 2 is 2.33 bits per heavy atom. The molecule has 0 radical (unpaired) electrons. The number of nitrogens with zero attached hydrogens (tertiary/aromatic N) is 3. The molecule has 2 rings (SSSR count). The molecular weight excluding hydrogens is 190 g/mol. The Bertz CT molecular complexity index is 550. The van der Waals surface area contributed by atoms with Crippen LogP contribution in [0.25, 0.3) is 11.0 Å². The lowest BCUT2D eigenvalue weighted by Crippen LogP contribution is -1.94. The summed E-state index contributed by atoms with van der Waals surface area (Å²) in [5.41, 5.74) is 2.97. The minimum atomic E-state index is 0.361. The Kier molecular flexibility index (Phi) is 2.35. The fourth-order valence-electron chi connectivity index (χ4n) is 1.71. The predicted molar refractivity (Wildman–Crippen MR) is 57.3 cm³/mol. The van der Waals surface area contributed by atoms with Crippen molar-refractivity contribution in [1.82, 2.24) is 9.55 Å². The average molecular weight is 201 g/mol. The van der Waals surface area contributed by atoms with Crippen molar-refractivity contribution in [1.29, 1.82) is 0 Å². The van der Waals surface area contributed by atoms with Gasteiger partial charge in [-0.25, -0.2) is 14.8 Å². The molecule has 4 heteroatoms. The minimum Gasteiger partial charge on any atom is -0.331 e. The second-order valence-corrected chi connectivity index (χ2v) is 3.41. The molecule has 0 unspecified atom stereocenters. The van der Waals surface area contributed by atoms with E-state index in [1.165, 1.54) is 0 Å². The number of rotatable bonds is 2. The Hall–Kier alpha value is -1.93. The molecule has 1 aromatic carbocycles. The molecule has 1 heterocycles. The summed E-state index contributed by atoms with van der Waals surface area (Å²) in [6, 6.07) is 5.82. The Balaban J connectivity index is 2.68. The highest BCUT2D eigenvalue weighted by Crippen LogP contribution is 2.19. The van der Waals surface area contributed by atoms with Crippen molar-refractivity contribution in [2.24, 2.45) is 12.0 Å². The second-order valence-electron chi connectivity index (χ2n) is 3.41. The summed E-state index contributed by atoms with van der Waals surface area (Å²) in [5, 5.41) is 0. The topological polar surface area (TPSA) is 47.2 Å². The number of isocyanates is 1. The van der Waals surface area contributed by atoms with Crippen LogP contribution in [0.5, 0.6) is 0 Å². The Morgan fingerprint density at radius 1 is 1.53 bits per heavy atom. The molecule has 1 aromatic heterocycles. The second kappa shape index (κ2) is 3.67. The molecule has 0 atom stereocenters. The molecule has 0 fully saturated rings. The van der Waals surface area contributed by atoms with Gasteiger partial charge in [-0.2, -0.15) is 0 Å². The number of aromatic nitrogens is 2. The zero-order valence-electron chi connectivity index (χ0n) is 8.69. The van der Waals surface area contributed by atoms with Crippen molar-refractivity contribution in [2.45, 2.75) is 13.5 Å². The van der Waals surface area contributed by atoms with Crippen LogP contribution < -0.4 is 0 Å². The Labute approximate surface area is 87.3 Å². The smallest absolute Gasteiger partial charge is 0.235 e. The van der Waals surface area contributed by atoms with Crippen molar-refractivity contribution in [2.75, 3.05) is 0 Å². The molecule has 15 heavy (non-hydrogen) atoms. The van der Waals surface area contributed by atoms with E-state index in [2.05, 4.69) is 9.98 Å². The van der Waals surface area contributed by atoms with Crippen LogP contribution in [0.3, 0.4) is 0 Å². The van der Waals surface area contributed by atoms with Gasteiger partial charge in [0.1, 0.15) is 5.82 Å². The van der Waals surface area contributed by atoms with Crippen LogP contribution in [0.2, 0.25) is 0 Å². The molecule has 76 valence electrons. The number of aryl methyl sites for hydroxylation is 2. The quantitative estimate of drug-likeness (QED) is 0.548. The van der Waals surface area contributed by atoms with Crippen molar-refractivity contribution in [3.63, 3.8) is 0 Å². The van der Waals surface area contributed by atoms with E-state index in [9.17, 15) is 4.79 Å². The summed E-state index contributed by atoms with van der Waals surface area (Å²) in [6.45, 7) is 2.31. The average Bonchev–Trinajstić information content (AvgIpc) is 2.53. The van der Waals surface area contributed by atoms with Gasteiger partial charge in [-0.05, 0) is 13.0 Å². The molecule has 0 spiro atoms. The SMILES string of the molecule is Cc1nc2cccc(CN=C=O)c2n1C. The maximum absolute atomic E-state index is 10.1. The first kappa shape index (κ1) is 9.62. The van der Waals surface area contributed by atoms with Crippen LogP contribution in [0, 0.1) is 6.92 Å². The monoisotopic (exact) mass is 201 g/mol. The third-order valence-corrected chi connectivity index (χ3v) is 2.52. The summed E-state index contributed by atoms with van der Waals surface area (Å²) >= 11 is 0. The third kappa shape index (κ3) is 1.55. The van der Waals surface area contributed by atoms with E-state index >= 15 is 0 Å². The van der Waals surface area contributed by atoms with Gasteiger partial charge < -0.3 is 4.57 Å². The van der Waals surface area contributed by atoms with E-state index < -0.39 is 0 Å². The molecule has 0 aliphatic rings. The molecule has 0 saturated carbocycles. The number of hydrogen-bond donors (Lipinski definition) is 0. The minimum absolute atomic E-state index is 0.361. The van der Waals surface area contributed by atoms with Gasteiger partial charge in [0.2, 0.25) is 6.08 Å². The summed E-state index contributed by atoms with van der Waals surface area (Å²) < 4.78 is 2.00. The number of fused-ring (bicyclic) bond motifs is 1. The zero-order chi connectivity index (χ0) is 10.8. The molecule has 0 N–H and O–H groups in total. The van der Waals surface area contributed by atoms with Crippen molar-refractivity contribution in [3.05, 3.63) is 29.6 Å². The van der Waals surface area contributed by atoms with E-state index in [1.807, 2.05) is 36.7 Å². The van der Waals surface area contributed by atoms with Crippen LogP contribution in [0.1, 0.15) is 11.4 Å². The molecule has 0 saturated heterocycles. The number of hydrogen-bond acceptors (Lipinski definition) is 3. The van der Waals surface area contributed by atoms with E-state index in [0.29, 0.717) is 6.54 Å². The van der Waals surface area contributed by atoms with Crippen molar-refractivity contribution < 1.29 is 4.79 Å². The number of aliphatic imine (C=N–C) groups is 1. The number of para-hydroxylation sites is 1. The lowest BCUT2D eigenvalue weighted by atomic mass is 10.2. The highest BCUT2D eigenvalue weighted by atomic mass is 16.1. The summed E-state index contributed by atoms with van der Waals surface area (Å²) in [6.07, 6.45) is 1.55. The van der Waals surface area contributed by atoms with E-state index in [1.54, 1.807) is 6.08 Å². The van der Waals surface area contributed by atoms with Gasteiger partial charge in [-0.15, -0.1) is 0 Å². The Morgan fingerprint density at radius 3 is 3.07 bits per heavy atom. The van der Waals surface area contributed by atoms with Crippen LogP contribution >= 0.6 is 0 Å². The number of imidazole rings is 1. The summed E-state index contributed by atoms with van der Waals surface area (Å²) in [7, 11) is 1.96. The van der Waals surface area contributed by atoms with Crippen molar-refractivity contribution >= 4 is 17.1 Å². The molecule has 0 aliphatic heterocycles. The largest absolute Gasteiger partial charge is 0.331 e. The van der Waals surface area contributed by atoms with Gasteiger partial charge in [-0.1, -0.05) is 12.1 Å². The highest BCUT2D eigenvalue weighted by molar-refractivity contribution is 5.79. The van der Waals surface area contributed by atoms with Gasteiger partial charge >= 0.3 is 0 Å². The van der Waals surface area contributed by atoms with E-state index in [-0.39, 0.29) is 0 Å². The summed E-state index contributed by atoms with van der Waals surface area (Å²) in [4.78, 5) is 18.1. The molecule has 2 aromatic rings. The number of carbonyl (C=O) groups excluding carboxylic acids is 1. The number of benzene rings is 1. The molecule has 0 aliphatic carbocycles. The first-order valence-corrected chi connectivity index (χ1v) is 4.68. The predicted octanol–water partition coefficient (Wildman–Crippen LogP) is 1.72. The van der Waals surface area contributed by atoms with Crippen molar-refractivity contribution in [3.8, 4) is 0 Å². The van der Waals surface area contributed by atoms with Gasteiger partial charge in [0.25, 0.3) is 0 Å². The molecule has 0 bridgehead atoms. The standard InChI is InChI=1S/C11H11N3O/c1-8-13-10-5-3-4-9(6-12-7-15)11(10)14(8)2/h3-5H,6H2,1-2H3. The fourth-order valence-corrected chi connectivity index (χ4v) is 1.71. The van der Waals surface area contributed by atoms with Gasteiger partial charge in [0, 0.05) is 12.6 Å². The normalized spacial score (nSPS) is 10.3. The maximum Gasteiger partial charge on any atom is 0.235 e. The first-order valence-electron chi connectivity index (χ1n) is 4.68. The molecule has 4 nitrogen and oxygen atoms in total. The third-order valence-electron chi connectivity index (χ3n) is 2.52. The van der Waals surface area contributed by atoms with Crippen LogP contribution in [0.15, 0.2) is 23.2 Å². The van der Waals surface area contributed by atoms with Gasteiger partial charge in [-0.3, -0.25) is 0 Å². The lowest BCUT2D eigenvalue weighted by molar-refractivity contribution is 0.563. The van der Waals surface area contributed by atoms with Crippen LogP contribution in [0.4, 0.5) is 0 Å². The first-order chi connectivity index (χ1) is 7.24. The molecular formula is C11H11N3O. The van der Waals surface area contributed by atoms with Gasteiger partial charge in [0.05, 0.1) is 17.6 Å². The van der Waals surface area contributed by atoms with Crippen LogP contribution in [-0.4, -0.2) is 15.6 Å².